The van der Waals surface area contributed by atoms with Crippen LogP contribution in [0.5, 0.6) is 5.75 Å². The number of rotatable bonds is 3. The molecule has 1 unspecified atom stereocenters. The second kappa shape index (κ2) is 5.35. The summed E-state index contributed by atoms with van der Waals surface area (Å²) < 4.78 is 0. The molecule has 3 atom stereocenters. The molecule has 3 nitrogen and oxygen atoms in total. The molecule has 1 aliphatic carbocycles. The summed E-state index contributed by atoms with van der Waals surface area (Å²) in [5.41, 5.74) is 2.91. The molecule has 1 aromatic rings. The topological polar surface area (TPSA) is 47.3 Å². The molecule has 1 aromatic carbocycles. The molecule has 0 amide bonds. The Morgan fingerprint density at radius 3 is 3.05 bits per heavy atom. The number of hydrogen-bond donors (Lipinski definition) is 1. The van der Waals surface area contributed by atoms with E-state index in [2.05, 4.69) is 30.9 Å². The van der Waals surface area contributed by atoms with Crippen LogP contribution >= 0.6 is 0 Å². The van der Waals surface area contributed by atoms with Crippen LogP contribution in [0.3, 0.4) is 0 Å². The lowest BCUT2D eigenvalue weighted by Crippen LogP contribution is -2.58. The fraction of sp³-hybridized carbons (Fsp3) is 0.611. The molecule has 1 fully saturated rings. The van der Waals surface area contributed by atoms with E-state index in [-0.39, 0.29) is 5.41 Å². The SMILES string of the molecule is C[C@H]1C2Cc3ccc(O)cc3[C@@]1(C)CCN2CCCC#N. The highest BCUT2D eigenvalue weighted by Crippen LogP contribution is 2.49. The first-order chi connectivity index (χ1) is 10.1. The summed E-state index contributed by atoms with van der Waals surface area (Å²) in [5, 5.41) is 18.6. The van der Waals surface area contributed by atoms with Crippen molar-refractivity contribution >= 4 is 0 Å². The summed E-state index contributed by atoms with van der Waals surface area (Å²) in [7, 11) is 0. The smallest absolute Gasteiger partial charge is 0.115 e. The Morgan fingerprint density at radius 1 is 1.48 bits per heavy atom. The van der Waals surface area contributed by atoms with Crippen molar-refractivity contribution in [1.82, 2.24) is 4.90 Å². The number of hydrogen-bond acceptors (Lipinski definition) is 3. The molecule has 112 valence electrons. The number of phenolic OH excluding ortho intramolecular Hbond substituents is 1. The molecule has 1 aliphatic heterocycles. The van der Waals surface area contributed by atoms with Crippen LogP contribution in [-0.2, 0) is 11.8 Å². The van der Waals surface area contributed by atoms with Gasteiger partial charge >= 0.3 is 0 Å². The molecule has 1 heterocycles. The quantitative estimate of drug-likeness (QED) is 0.867. The van der Waals surface area contributed by atoms with Crippen molar-refractivity contribution in [2.45, 2.75) is 51.0 Å². The molecule has 0 aromatic heterocycles. The molecule has 2 bridgehead atoms. The summed E-state index contributed by atoms with van der Waals surface area (Å²) >= 11 is 0. The van der Waals surface area contributed by atoms with Gasteiger partial charge in [0.05, 0.1) is 6.07 Å². The van der Waals surface area contributed by atoms with E-state index in [1.54, 1.807) is 0 Å². The van der Waals surface area contributed by atoms with Gasteiger partial charge in [-0.15, -0.1) is 0 Å². The first kappa shape index (κ1) is 14.4. The standard InChI is InChI=1S/C18H24N2O/c1-13-17-11-14-5-6-15(21)12-16(14)18(13,2)7-10-20(17)9-4-3-8-19/h5-6,12-13,17,21H,3-4,7,9-11H2,1-2H3/t13-,17?,18-/m0/s1. The van der Waals surface area contributed by atoms with Gasteiger partial charge in [-0.2, -0.15) is 5.26 Å². The molecule has 3 rings (SSSR count). The fourth-order valence-electron chi connectivity index (χ4n) is 4.33. The minimum Gasteiger partial charge on any atom is -0.508 e. The Balaban J connectivity index is 1.89. The van der Waals surface area contributed by atoms with Crippen LogP contribution in [-0.4, -0.2) is 29.1 Å². The van der Waals surface area contributed by atoms with Crippen LogP contribution in [0.25, 0.3) is 0 Å². The zero-order valence-electron chi connectivity index (χ0n) is 13.0. The maximum Gasteiger partial charge on any atom is 0.115 e. The summed E-state index contributed by atoms with van der Waals surface area (Å²) in [6.45, 7) is 6.85. The van der Waals surface area contributed by atoms with Gasteiger partial charge in [0.25, 0.3) is 0 Å². The van der Waals surface area contributed by atoms with Crippen molar-refractivity contribution in [3.8, 4) is 11.8 Å². The minimum atomic E-state index is 0.169. The molecule has 0 radical (unpaired) electrons. The van der Waals surface area contributed by atoms with Crippen molar-refractivity contribution in [1.29, 1.82) is 5.26 Å². The number of nitriles is 1. The van der Waals surface area contributed by atoms with E-state index >= 15 is 0 Å². The van der Waals surface area contributed by atoms with Crippen molar-refractivity contribution in [3.63, 3.8) is 0 Å². The third kappa shape index (κ3) is 2.32. The van der Waals surface area contributed by atoms with Gasteiger partial charge in [0.15, 0.2) is 0 Å². The van der Waals surface area contributed by atoms with Gasteiger partial charge < -0.3 is 5.11 Å². The van der Waals surface area contributed by atoms with Crippen LogP contribution in [0.15, 0.2) is 18.2 Å². The Hall–Kier alpha value is -1.53. The van der Waals surface area contributed by atoms with E-state index < -0.39 is 0 Å². The second-order valence-corrected chi connectivity index (χ2v) is 6.87. The van der Waals surface area contributed by atoms with Crippen LogP contribution in [0.2, 0.25) is 0 Å². The number of nitrogens with zero attached hydrogens (tertiary/aromatic N) is 2. The molecular formula is C18H24N2O. The van der Waals surface area contributed by atoms with Gasteiger partial charge in [-0.25, -0.2) is 0 Å². The predicted octanol–water partition coefficient (Wildman–Crippen LogP) is 3.22. The van der Waals surface area contributed by atoms with Crippen molar-refractivity contribution in [2.75, 3.05) is 13.1 Å². The van der Waals surface area contributed by atoms with E-state index in [1.165, 1.54) is 11.1 Å². The molecule has 0 spiro atoms. The second-order valence-electron chi connectivity index (χ2n) is 6.87. The van der Waals surface area contributed by atoms with Crippen molar-refractivity contribution in [2.24, 2.45) is 5.92 Å². The zero-order valence-corrected chi connectivity index (χ0v) is 13.0. The first-order valence-corrected chi connectivity index (χ1v) is 7.99. The average molecular weight is 284 g/mol. The third-order valence-corrected chi connectivity index (χ3v) is 5.84. The number of benzene rings is 1. The lowest BCUT2D eigenvalue weighted by Gasteiger charge is -2.54. The van der Waals surface area contributed by atoms with E-state index in [0.29, 0.717) is 24.1 Å². The molecule has 3 heteroatoms. The van der Waals surface area contributed by atoms with Gasteiger partial charge in [-0.3, -0.25) is 4.90 Å². The number of aromatic hydroxyl groups is 1. The number of phenols is 1. The molecule has 2 aliphatic rings. The Kier molecular flexibility index (Phi) is 3.67. The molecular weight excluding hydrogens is 260 g/mol. The highest BCUT2D eigenvalue weighted by molar-refractivity contribution is 5.44. The van der Waals surface area contributed by atoms with Crippen LogP contribution in [0.4, 0.5) is 0 Å². The zero-order chi connectivity index (χ0) is 15.0. The van der Waals surface area contributed by atoms with Gasteiger partial charge in [0.2, 0.25) is 0 Å². The van der Waals surface area contributed by atoms with Crippen molar-refractivity contribution in [3.05, 3.63) is 29.3 Å². The molecule has 1 N–H and O–H groups in total. The van der Waals surface area contributed by atoms with Gasteiger partial charge in [0, 0.05) is 12.5 Å². The normalized spacial score (nSPS) is 31.5. The number of fused-ring (bicyclic) bond motifs is 4. The Labute approximate surface area is 127 Å². The van der Waals surface area contributed by atoms with E-state index in [0.717, 1.165) is 32.4 Å². The average Bonchev–Trinajstić information content (AvgIpc) is 2.46. The molecule has 1 saturated heterocycles. The fourth-order valence-corrected chi connectivity index (χ4v) is 4.33. The lowest BCUT2D eigenvalue weighted by atomic mass is 9.59. The number of likely N-dealkylation sites (tertiary alicyclic amines) is 1. The van der Waals surface area contributed by atoms with E-state index in [1.807, 2.05) is 12.1 Å². The van der Waals surface area contributed by atoms with Crippen molar-refractivity contribution < 1.29 is 5.11 Å². The largest absolute Gasteiger partial charge is 0.508 e. The predicted molar refractivity (Wildman–Crippen MR) is 83.2 cm³/mol. The molecule has 0 saturated carbocycles. The Bertz CT molecular complexity index is 577. The number of unbranched alkanes of at least 4 members (excludes halogenated alkanes) is 1. The van der Waals surface area contributed by atoms with E-state index in [9.17, 15) is 5.11 Å². The number of piperidine rings is 1. The van der Waals surface area contributed by atoms with Crippen LogP contribution in [0.1, 0.15) is 44.2 Å². The highest BCUT2D eigenvalue weighted by Gasteiger charge is 2.48. The van der Waals surface area contributed by atoms with Gasteiger partial charge in [0.1, 0.15) is 5.75 Å². The summed E-state index contributed by atoms with van der Waals surface area (Å²) in [6.07, 6.45) is 3.82. The van der Waals surface area contributed by atoms with Gasteiger partial charge in [-0.05, 0) is 66.9 Å². The highest BCUT2D eigenvalue weighted by atomic mass is 16.3. The maximum atomic E-state index is 9.84. The first-order valence-electron chi connectivity index (χ1n) is 7.99. The monoisotopic (exact) mass is 284 g/mol. The summed E-state index contributed by atoms with van der Waals surface area (Å²) in [4.78, 5) is 2.58. The Morgan fingerprint density at radius 2 is 2.29 bits per heavy atom. The van der Waals surface area contributed by atoms with E-state index in [4.69, 9.17) is 5.26 Å². The summed E-state index contributed by atoms with van der Waals surface area (Å²) in [5.74, 6) is 0.972. The van der Waals surface area contributed by atoms with Crippen LogP contribution < -0.4 is 0 Å². The van der Waals surface area contributed by atoms with Gasteiger partial charge in [-0.1, -0.05) is 19.9 Å². The third-order valence-electron chi connectivity index (χ3n) is 5.84. The minimum absolute atomic E-state index is 0.169. The maximum absolute atomic E-state index is 9.84. The molecule has 21 heavy (non-hydrogen) atoms. The summed E-state index contributed by atoms with van der Waals surface area (Å²) in [6, 6.07) is 8.71. The van der Waals surface area contributed by atoms with Crippen LogP contribution in [0, 0.1) is 17.2 Å². The lowest BCUT2D eigenvalue weighted by molar-refractivity contribution is 0.0309.